The quantitative estimate of drug-likeness (QED) is 0.273. The molecule has 0 aromatic rings. The molecule has 0 rings (SSSR count). The van der Waals surface area contributed by atoms with Gasteiger partial charge in [-0.15, -0.1) is 0 Å². The van der Waals surface area contributed by atoms with Crippen molar-refractivity contribution in [1.29, 1.82) is 0 Å². The molecule has 0 heterocycles. The van der Waals surface area contributed by atoms with Crippen LogP contribution in [-0.2, 0) is 9.53 Å². The van der Waals surface area contributed by atoms with E-state index in [1.54, 1.807) is 0 Å². The van der Waals surface area contributed by atoms with Crippen LogP contribution in [0.4, 0.5) is 0 Å². The van der Waals surface area contributed by atoms with Gasteiger partial charge in [0.1, 0.15) is 0 Å². The first-order valence-corrected chi connectivity index (χ1v) is 5.73. The lowest BCUT2D eigenvalue weighted by molar-refractivity contribution is -0.170. The van der Waals surface area contributed by atoms with Crippen molar-refractivity contribution in [3.05, 3.63) is 12.7 Å². The van der Waals surface area contributed by atoms with Crippen LogP contribution >= 0.6 is 0 Å². The van der Waals surface area contributed by atoms with Crippen LogP contribution in [0.2, 0.25) is 0 Å². The summed E-state index contributed by atoms with van der Waals surface area (Å²) < 4.78 is 4.70. The minimum Gasteiger partial charge on any atom is -0.433 e. The first kappa shape index (κ1) is 15.1. The normalized spacial score (nSPS) is 14.2. The largest absolute Gasteiger partial charge is 0.433 e. The van der Waals surface area contributed by atoms with Crippen LogP contribution in [0, 0.1) is 5.92 Å². The Balaban J connectivity index is 3.58. The minimum absolute atomic E-state index is 0.0713. The Hall–Kier alpha value is -0.870. The Bertz CT molecular complexity index is 203. The zero-order valence-corrected chi connectivity index (χ0v) is 9.89. The Labute approximate surface area is 96.9 Å². The number of ether oxygens (including phenoxy) is 1. The Kier molecular flexibility index (Phi) is 8.85. The number of aliphatic hydroxyl groups excluding tert-OH is 2. The number of carbonyl (C=O) groups is 1. The van der Waals surface area contributed by atoms with Crippen LogP contribution < -0.4 is 0 Å². The Morgan fingerprint density at radius 2 is 2.00 bits per heavy atom. The number of unbranched alkanes of at least 4 members (excludes halogenated alkanes) is 3. The molecule has 0 aliphatic carbocycles. The molecule has 0 saturated heterocycles. The van der Waals surface area contributed by atoms with Crippen LogP contribution in [0.25, 0.3) is 0 Å². The summed E-state index contributed by atoms with van der Waals surface area (Å²) in [4.78, 5) is 10.8. The summed E-state index contributed by atoms with van der Waals surface area (Å²) in [5.41, 5.74) is 0. The summed E-state index contributed by atoms with van der Waals surface area (Å²) in [6, 6.07) is 0. The van der Waals surface area contributed by atoms with E-state index in [9.17, 15) is 9.90 Å². The first-order valence-electron chi connectivity index (χ1n) is 5.73. The van der Waals surface area contributed by atoms with Gasteiger partial charge < -0.3 is 14.9 Å². The van der Waals surface area contributed by atoms with Crippen LogP contribution in [0.5, 0.6) is 0 Å². The van der Waals surface area contributed by atoms with Gasteiger partial charge in [-0.3, -0.25) is 0 Å². The van der Waals surface area contributed by atoms with Crippen molar-refractivity contribution in [2.45, 2.75) is 45.3 Å². The second kappa shape index (κ2) is 9.36. The van der Waals surface area contributed by atoms with Gasteiger partial charge in [0.25, 0.3) is 0 Å². The molecule has 0 saturated carbocycles. The number of rotatable bonds is 9. The predicted octanol–water partition coefficient (Wildman–Crippen LogP) is 1.61. The summed E-state index contributed by atoms with van der Waals surface area (Å²) in [7, 11) is 0. The fourth-order valence-corrected chi connectivity index (χ4v) is 1.36. The molecule has 0 aromatic heterocycles. The maximum atomic E-state index is 10.8. The molecular formula is C12H22O4. The highest BCUT2D eigenvalue weighted by atomic mass is 16.6. The van der Waals surface area contributed by atoms with Gasteiger partial charge in [0.05, 0.1) is 0 Å². The number of aliphatic hydroxyl groups is 2. The highest BCUT2D eigenvalue weighted by molar-refractivity contribution is 5.81. The summed E-state index contributed by atoms with van der Waals surface area (Å²) >= 11 is 0. The molecule has 2 unspecified atom stereocenters. The zero-order chi connectivity index (χ0) is 12.4. The second-order valence-corrected chi connectivity index (χ2v) is 3.94. The van der Waals surface area contributed by atoms with Crippen molar-refractivity contribution in [3.63, 3.8) is 0 Å². The van der Waals surface area contributed by atoms with Crippen LogP contribution in [0.3, 0.4) is 0 Å². The highest BCUT2D eigenvalue weighted by Crippen LogP contribution is 2.15. The molecule has 0 aromatic carbocycles. The van der Waals surface area contributed by atoms with E-state index in [-0.39, 0.29) is 12.5 Å². The standard InChI is InChI=1S/C12H22O4/c1-3-11(14)16-12(15)10(2)8-6-4-5-7-9-13/h3,10,12-13,15H,1,4-9H2,2H3. The third-order valence-corrected chi connectivity index (χ3v) is 2.46. The minimum atomic E-state index is -1.05. The van der Waals surface area contributed by atoms with Gasteiger partial charge in [0.15, 0.2) is 0 Å². The van der Waals surface area contributed by atoms with E-state index in [0.29, 0.717) is 0 Å². The number of hydrogen-bond donors (Lipinski definition) is 2. The van der Waals surface area contributed by atoms with Gasteiger partial charge in [-0.05, 0) is 12.8 Å². The van der Waals surface area contributed by atoms with Crippen molar-refractivity contribution >= 4 is 5.97 Å². The molecule has 4 heteroatoms. The molecule has 2 atom stereocenters. The topological polar surface area (TPSA) is 66.8 Å². The molecule has 0 radical (unpaired) electrons. The Morgan fingerprint density at radius 3 is 2.56 bits per heavy atom. The molecule has 0 amide bonds. The molecular weight excluding hydrogens is 208 g/mol. The maximum Gasteiger partial charge on any atom is 0.332 e. The van der Waals surface area contributed by atoms with Crippen molar-refractivity contribution in [3.8, 4) is 0 Å². The first-order chi connectivity index (χ1) is 7.61. The summed E-state index contributed by atoms with van der Waals surface area (Å²) in [5.74, 6) is -0.669. The summed E-state index contributed by atoms with van der Waals surface area (Å²) in [5, 5.41) is 18.1. The second-order valence-electron chi connectivity index (χ2n) is 3.94. The SMILES string of the molecule is C=CC(=O)OC(O)C(C)CCCCCCO. The molecule has 94 valence electrons. The van der Waals surface area contributed by atoms with Gasteiger partial charge in [-0.1, -0.05) is 32.8 Å². The van der Waals surface area contributed by atoms with Crippen LogP contribution in [0.1, 0.15) is 39.0 Å². The molecule has 0 aliphatic rings. The van der Waals surface area contributed by atoms with Crippen molar-refractivity contribution in [1.82, 2.24) is 0 Å². The molecule has 4 nitrogen and oxygen atoms in total. The van der Waals surface area contributed by atoms with Gasteiger partial charge in [-0.25, -0.2) is 4.79 Å². The lowest BCUT2D eigenvalue weighted by atomic mass is 10.0. The van der Waals surface area contributed by atoms with E-state index < -0.39 is 12.3 Å². The smallest absolute Gasteiger partial charge is 0.332 e. The summed E-state index contributed by atoms with van der Waals surface area (Å²) in [6.07, 6.45) is 4.59. The van der Waals surface area contributed by atoms with E-state index in [0.717, 1.165) is 38.2 Å². The van der Waals surface area contributed by atoms with Gasteiger partial charge >= 0.3 is 5.97 Å². The fourth-order valence-electron chi connectivity index (χ4n) is 1.36. The average molecular weight is 230 g/mol. The van der Waals surface area contributed by atoms with Crippen LogP contribution in [0.15, 0.2) is 12.7 Å². The van der Waals surface area contributed by atoms with E-state index >= 15 is 0 Å². The van der Waals surface area contributed by atoms with E-state index in [1.165, 1.54) is 0 Å². The van der Waals surface area contributed by atoms with Gasteiger partial charge in [-0.2, -0.15) is 0 Å². The van der Waals surface area contributed by atoms with Gasteiger partial charge in [0, 0.05) is 18.6 Å². The average Bonchev–Trinajstić information content (AvgIpc) is 2.28. The molecule has 0 aliphatic heterocycles. The highest BCUT2D eigenvalue weighted by Gasteiger charge is 2.16. The van der Waals surface area contributed by atoms with E-state index in [4.69, 9.17) is 9.84 Å². The predicted molar refractivity (Wildman–Crippen MR) is 61.6 cm³/mol. The molecule has 16 heavy (non-hydrogen) atoms. The third kappa shape index (κ3) is 7.43. The maximum absolute atomic E-state index is 10.8. The monoisotopic (exact) mass is 230 g/mol. The number of carbonyl (C=O) groups excluding carboxylic acids is 1. The van der Waals surface area contributed by atoms with Crippen molar-refractivity contribution in [2.24, 2.45) is 5.92 Å². The molecule has 2 N–H and O–H groups in total. The summed E-state index contributed by atoms with van der Waals surface area (Å²) in [6.45, 7) is 5.33. The van der Waals surface area contributed by atoms with Crippen LogP contribution in [-0.4, -0.2) is 29.1 Å². The van der Waals surface area contributed by atoms with Crippen molar-refractivity contribution < 1.29 is 19.7 Å². The molecule has 0 fully saturated rings. The van der Waals surface area contributed by atoms with E-state index in [1.807, 2.05) is 6.92 Å². The zero-order valence-electron chi connectivity index (χ0n) is 9.89. The molecule has 0 spiro atoms. The lowest BCUT2D eigenvalue weighted by Crippen LogP contribution is -2.23. The third-order valence-electron chi connectivity index (χ3n) is 2.46. The number of esters is 1. The Morgan fingerprint density at radius 1 is 1.38 bits per heavy atom. The van der Waals surface area contributed by atoms with Gasteiger partial charge in [0.2, 0.25) is 6.29 Å². The molecule has 0 bridgehead atoms. The number of hydrogen-bond acceptors (Lipinski definition) is 4. The van der Waals surface area contributed by atoms with E-state index in [2.05, 4.69) is 6.58 Å². The van der Waals surface area contributed by atoms with Crippen molar-refractivity contribution in [2.75, 3.05) is 6.61 Å². The fraction of sp³-hybridized carbons (Fsp3) is 0.750. The lowest BCUT2D eigenvalue weighted by Gasteiger charge is -2.18.